The normalized spacial score (nSPS) is 15.2. The zero-order valence-electron chi connectivity index (χ0n) is 16.3. The van der Waals surface area contributed by atoms with Gasteiger partial charge in [0.1, 0.15) is 22.9 Å². The second kappa shape index (κ2) is 9.90. The van der Waals surface area contributed by atoms with Gasteiger partial charge in [-0.05, 0) is 72.3 Å². The van der Waals surface area contributed by atoms with Crippen molar-refractivity contribution in [1.82, 2.24) is 0 Å². The molecule has 29 heavy (non-hydrogen) atoms. The van der Waals surface area contributed by atoms with Gasteiger partial charge >= 0.3 is 0 Å². The lowest BCUT2D eigenvalue weighted by molar-refractivity contribution is 0.399. The molecule has 1 aliphatic rings. The summed E-state index contributed by atoms with van der Waals surface area (Å²) >= 11 is 0.714. The van der Waals surface area contributed by atoms with Crippen LogP contribution in [0.1, 0.15) is 61.3 Å². The van der Waals surface area contributed by atoms with E-state index in [9.17, 15) is 13.2 Å². The summed E-state index contributed by atoms with van der Waals surface area (Å²) in [5.41, 5.74) is 1.36. The SMILES string of the molecule is CCCCCC1CCc2c(cc(F)c(C#Cc3ccc(SC#N)c(F)c3)c2F)C1. The molecule has 0 radical (unpaired) electrons. The molecule has 5 heteroatoms. The minimum absolute atomic E-state index is 0.192. The first-order valence-corrected chi connectivity index (χ1v) is 10.7. The van der Waals surface area contributed by atoms with Crippen LogP contribution in [0.4, 0.5) is 13.2 Å². The number of nitriles is 1. The molecular formula is C24H22F3NS. The Morgan fingerprint density at radius 1 is 1.10 bits per heavy atom. The quantitative estimate of drug-likeness (QED) is 0.234. The smallest absolute Gasteiger partial charge is 0.145 e. The molecule has 0 heterocycles. The molecule has 0 saturated carbocycles. The van der Waals surface area contributed by atoms with Crippen LogP contribution in [0.3, 0.4) is 0 Å². The first kappa shape index (κ1) is 21.3. The fraction of sp³-hybridized carbons (Fsp3) is 0.375. The van der Waals surface area contributed by atoms with Gasteiger partial charge in [0.2, 0.25) is 0 Å². The van der Waals surface area contributed by atoms with E-state index in [1.807, 2.05) is 0 Å². The van der Waals surface area contributed by atoms with E-state index in [1.165, 1.54) is 37.1 Å². The Balaban J connectivity index is 1.82. The van der Waals surface area contributed by atoms with Crippen LogP contribution in [0.5, 0.6) is 0 Å². The summed E-state index contributed by atoms with van der Waals surface area (Å²) in [6.45, 7) is 2.16. The third-order valence-corrected chi connectivity index (χ3v) is 6.00. The van der Waals surface area contributed by atoms with Gasteiger partial charge in [-0.1, -0.05) is 44.4 Å². The molecule has 0 bridgehead atoms. The first-order valence-electron chi connectivity index (χ1n) is 9.90. The van der Waals surface area contributed by atoms with E-state index in [2.05, 4.69) is 18.8 Å². The second-order valence-electron chi connectivity index (χ2n) is 7.38. The molecule has 0 N–H and O–H groups in total. The maximum absolute atomic E-state index is 14.9. The Labute approximate surface area is 174 Å². The Bertz CT molecular complexity index is 998. The summed E-state index contributed by atoms with van der Waals surface area (Å²) < 4.78 is 43.4. The average molecular weight is 414 g/mol. The largest absolute Gasteiger partial charge is 0.206 e. The number of fused-ring (bicyclic) bond motifs is 1. The van der Waals surface area contributed by atoms with Crippen LogP contribution in [0.15, 0.2) is 29.2 Å². The van der Waals surface area contributed by atoms with Gasteiger partial charge in [-0.3, -0.25) is 0 Å². The highest BCUT2D eigenvalue weighted by atomic mass is 32.2. The van der Waals surface area contributed by atoms with E-state index in [-0.39, 0.29) is 10.5 Å². The van der Waals surface area contributed by atoms with Crippen molar-refractivity contribution < 1.29 is 13.2 Å². The zero-order valence-corrected chi connectivity index (χ0v) is 17.1. The molecule has 1 unspecified atom stereocenters. The van der Waals surface area contributed by atoms with Crippen LogP contribution >= 0.6 is 11.8 Å². The van der Waals surface area contributed by atoms with E-state index in [1.54, 1.807) is 5.40 Å². The molecule has 2 aromatic rings. The summed E-state index contributed by atoms with van der Waals surface area (Å²) in [6, 6.07) is 5.56. The van der Waals surface area contributed by atoms with E-state index in [0.29, 0.717) is 41.6 Å². The summed E-state index contributed by atoms with van der Waals surface area (Å²) in [7, 11) is 0. The number of halogens is 3. The first-order chi connectivity index (χ1) is 14.0. The number of nitrogens with zero attached hydrogens (tertiary/aromatic N) is 1. The van der Waals surface area contributed by atoms with Crippen molar-refractivity contribution in [2.75, 3.05) is 0 Å². The Morgan fingerprint density at radius 3 is 2.66 bits per heavy atom. The minimum Gasteiger partial charge on any atom is -0.206 e. The van der Waals surface area contributed by atoms with Gasteiger partial charge in [-0.2, -0.15) is 5.26 Å². The Kier molecular flexibility index (Phi) is 7.29. The van der Waals surface area contributed by atoms with Gasteiger partial charge in [-0.15, -0.1) is 0 Å². The van der Waals surface area contributed by atoms with Crippen molar-refractivity contribution in [3.8, 4) is 17.2 Å². The number of benzene rings is 2. The third kappa shape index (κ3) is 5.17. The summed E-state index contributed by atoms with van der Waals surface area (Å²) in [5, 5.41) is 10.4. The van der Waals surface area contributed by atoms with Crippen LogP contribution < -0.4 is 0 Å². The zero-order chi connectivity index (χ0) is 20.8. The van der Waals surface area contributed by atoms with Gasteiger partial charge in [-0.25, -0.2) is 13.2 Å². The van der Waals surface area contributed by atoms with Crippen LogP contribution in [-0.2, 0) is 12.8 Å². The number of thiocyanates is 1. The standard InChI is InChI=1S/C24H22F3NS/c1-2-3-4-5-16-6-9-19-18(12-16)14-21(25)20(24(19)27)10-7-17-8-11-23(29-15-28)22(26)13-17/h8,11,13-14,16H,2-6,9,12H2,1H3. The maximum atomic E-state index is 14.9. The van der Waals surface area contributed by atoms with Gasteiger partial charge < -0.3 is 0 Å². The van der Waals surface area contributed by atoms with Crippen molar-refractivity contribution >= 4 is 11.8 Å². The number of hydrogen-bond acceptors (Lipinski definition) is 2. The van der Waals surface area contributed by atoms with E-state index < -0.39 is 17.5 Å². The predicted octanol–water partition coefficient (Wildman–Crippen LogP) is 6.76. The van der Waals surface area contributed by atoms with Crippen molar-refractivity contribution in [1.29, 1.82) is 5.26 Å². The second-order valence-corrected chi connectivity index (χ2v) is 8.20. The number of thioether (sulfide) groups is 1. The molecular weight excluding hydrogens is 391 g/mol. The molecule has 0 saturated heterocycles. The van der Waals surface area contributed by atoms with E-state index in [4.69, 9.17) is 5.26 Å². The molecule has 1 nitrogen and oxygen atoms in total. The lowest BCUT2D eigenvalue weighted by Crippen LogP contribution is -2.17. The molecule has 1 atom stereocenters. The van der Waals surface area contributed by atoms with Crippen LogP contribution in [0.25, 0.3) is 0 Å². The molecule has 0 aliphatic heterocycles. The lowest BCUT2D eigenvalue weighted by atomic mass is 9.80. The highest BCUT2D eigenvalue weighted by Crippen LogP contribution is 2.33. The highest BCUT2D eigenvalue weighted by molar-refractivity contribution is 8.03. The molecule has 0 fully saturated rings. The fourth-order valence-corrected chi connectivity index (χ4v) is 4.20. The molecule has 0 aromatic heterocycles. The van der Waals surface area contributed by atoms with Gasteiger partial charge in [0.25, 0.3) is 0 Å². The number of unbranched alkanes of at least 4 members (excludes halogenated alkanes) is 2. The fourth-order valence-electron chi connectivity index (χ4n) is 3.81. The van der Waals surface area contributed by atoms with Gasteiger partial charge in [0, 0.05) is 5.56 Å². The van der Waals surface area contributed by atoms with Gasteiger partial charge in [0.05, 0.1) is 10.5 Å². The molecule has 150 valence electrons. The summed E-state index contributed by atoms with van der Waals surface area (Å²) in [5.74, 6) is 3.83. The van der Waals surface area contributed by atoms with Crippen LogP contribution in [0.2, 0.25) is 0 Å². The summed E-state index contributed by atoms with van der Waals surface area (Å²) in [4.78, 5) is 0.192. The third-order valence-electron chi connectivity index (χ3n) is 5.36. The van der Waals surface area contributed by atoms with Crippen molar-refractivity contribution in [3.05, 3.63) is 64.0 Å². The summed E-state index contributed by atoms with van der Waals surface area (Å²) in [6.07, 6.45) is 6.84. The van der Waals surface area contributed by atoms with Crippen molar-refractivity contribution in [3.63, 3.8) is 0 Å². The maximum Gasteiger partial charge on any atom is 0.145 e. The minimum atomic E-state index is -0.667. The lowest BCUT2D eigenvalue weighted by Gasteiger charge is -2.25. The molecule has 2 aromatic carbocycles. The predicted molar refractivity (Wildman–Crippen MR) is 110 cm³/mol. The van der Waals surface area contributed by atoms with Crippen molar-refractivity contribution in [2.45, 2.75) is 56.8 Å². The molecule has 1 aliphatic carbocycles. The monoisotopic (exact) mass is 413 g/mol. The number of rotatable bonds is 5. The number of hydrogen-bond donors (Lipinski definition) is 0. The Morgan fingerprint density at radius 2 is 1.93 bits per heavy atom. The molecule has 0 spiro atoms. The molecule has 0 amide bonds. The van der Waals surface area contributed by atoms with Gasteiger partial charge in [0.15, 0.2) is 0 Å². The van der Waals surface area contributed by atoms with Crippen molar-refractivity contribution in [2.24, 2.45) is 5.92 Å². The topological polar surface area (TPSA) is 23.8 Å². The molecule has 3 rings (SSSR count). The van der Waals surface area contributed by atoms with E-state index >= 15 is 0 Å². The van der Waals surface area contributed by atoms with Crippen LogP contribution in [-0.4, -0.2) is 0 Å². The van der Waals surface area contributed by atoms with Crippen LogP contribution in [0, 0.1) is 45.9 Å². The highest BCUT2D eigenvalue weighted by Gasteiger charge is 2.24. The average Bonchev–Trinajstić information content (AvgIpc) is 2.70. The van der Waals surface area contributed by atoms with E-state index in [0.717, 1.165) is 24.8 Å². The Hall–Kier alpha value is -2.37.